The molecule has 0 unspecified atom stereocenters. The number of hydrogen-bond acceptors (Lipinski definition) is 11. The molecule has 162 valence electrons. The number of nitro groups is 5. The van der Waals surface area contributed by atoms with Crippen LogP contribution in [0.1, 0.15) is 0 Å². The predicted molar refractivity (Wildman–Crippen MR) is 102 cm³/mol. The summed E-state index contributed by atoms with van der Waals surface area (Å²) in [5, 5.41) is 63.4. The number of non-ortho nitro benzene ring substituents is 2. The van der Waals surface area contributed by atoms with Gasteiger partial charge in [-0.25, -0.2) is 0 Å². The molecule has 0 amide bonds. The lowest BCUT2D eigenvalue weighted by Crippen LogP contribution is -1.99. The Labute approximate surface area is 173 Å². The highest BCUT2D eigenvalue weighted by Crippen LogP contribution is 2.43. The molecule has 0 atom stereocenters. The molecule has 0 spiro atoms. The maximum atomic E-state index is 11.7. The van der Waals surface area contributed by atoms with Gasteiger partial charge in [0, 0.05) is 17.7 Å². The Hall–Kier alpha value is -5.35. The summed E-state index contributed by atoms with van der Waals surface area (Å²) in [6.45, 7) is 0. The zero-order chi connectivity index (χ0) is 23.7. The van der Waals surface area contributed by atoms with Crippen LogP contribution in [0, 0.1) is 50.6 Å². The number of aromatic nitrogens is 2. The highest BCUT2D eigenvalue weighted by Gasteiger charge is 2.30. The SMILES string of the molecule is O=[N+]([O-])c1ccc(-c2n[n-]c(-c3ccc([N+](=O)[O-])cc3[N+](=O)[O-])c2[N+](=O)[O-])c([N+](=O)[O-])c1. The van der Waals surface area contributed by atoms with E-state index in [-0.39, 0.29) is 0 Å². The summed E-state index contributed by atoms with van der Waals surface area (Å²) < 4.78 is 0. The van der Waals surface area contributed by atoms with Crippen LogP contribution in [-0.4, -0.2) is 29.7 Å². The summed E-state index contributed by atoms with van der Waals surface area (Å²) in [6, 6.07) is 4.58. The van der Waals surface area contributed by atoms with Gasteiger partial charge in [0.25, 0.3) is 28.4 Å². The summed E-state index contributed by atoms with van der Waals surface area (Å²) in [5.41, 5.74) is -6.36. The maximum absolute atomic E-state index is 11.7. The molecule has 0 saturated heterocycles. The van der Waals surface area contributed by atoms with Crippen molar-refractivity contribution in [2.24, 2.45) is 0 Å². The van der Waals surface area contributed by atoms with Crippen LogP contribution >= 0.6 is 0 Å². The highest BCUT2D eigenvalue weighted by molar-refractivity contribution is 5.88. The molecule has 0 aliphatic carbocycles. The fraction of sp³-hybridized carbons (Fsp3) is 0. The van der Waals surface area contributed by atoms with Crippen LogP contribution < -0.4 is 5.10 Å². The molecule has 17 nitrogen and oxygen atoms in total. The van der Waals surface area contributed by atoms with E-state index in [1.54, 1.807) is 0 Å². The van der Waals surface area contributed by atoms with Crippen molar-refractivity contribution in [2.45, 2.75) is 0 Å². The molecule has 1 aromatic heterocycles. The Morgan fingerprint density at radius 3 is 1.53 bits per heavy atom. The third-order valence-corrected chi connectivity index (χ3v) is 4.17. The Bertz CT molecular complexity index is 1240. The minimum atomic E-state index is -1.04. The van der Waals surface area contributed by atoms with E-state index in [0.29, 0.717) is 12.1 Å². The fourth-order valence-electron chi connectivity index (χ4n) is 2.81. The molecule has 1 heterocycles. The van der Waals surface area contributed by atoms with Gasteiger partial charge in [-0.1, -0.05) is 0 Å². The van der Waals surface area contributed by atoms with Crippen molar-refractivity contribution >= 4 is 28.4 Å². The van der Waals surface area contributed by atoms with E-state index in [0.717, 1.165) is 24.3 Å². The van der Waals surface area contributed by atoms with Crippen LogP contribution in [0.4, 0.5) is 28.4 Å². The standard InChI is InChI=1S/C15H6N7O10/c23-18(24)7-1-3-9(11(5-7)20(27)28)13-15(22(31)32)14(17-16-13)10-4-2-8(19(25)26)6-12(10)21(29)30/h1-6H/q-1. The van der Waals surface area contributed by atoms with E-state index in [1.807, 2.05) is 0 Å². The van der Waals surface area contributed by atoms with E-state index in [4.69, 9.17) is 0 Å². The Kier molecular flexibility index (Phi) is 5.22. The lowest BCUT2D eigenvalue weighted by molar-refractivity contribution is -0.394. The molecule has 0 bridgehead atoms. The zero-order valence-electron chi connectivity index (χ0n) is 15.2. The van der Waals surface area contributed by atoms with Gasteiger partial charge in [-0.05, 0) is 17.8 Å². The monoisotopic (exact) mass is 444 g/mol. The second-order valence-corrected chi connectivity index (χ2v) is 5.93. The Morgan fingerprint density at radius 2 is 1.09 bits per heavy atom. The van der Waals surface area contributed by atoms with Gasteiger partial charge in [-0.15, -0.1) is 0 Å². The van der Waals surface area contributed by atoms with Crippen molar-refractivity contribution in [3.8, 4) is 22.5 Å². The number of benzene rings is 2. The molecule has 3 rings (SSSR count). The number of nitrogens with zero attached hydrogens (tertiary/aromatic N) is 7. The molecule has 0 N–H and O–H groups in total. The molecule has 17 heteroatoms. The van der Waals surface area contributed by atoms with E-state index in [9.17, 15) is 50.6 Å². The normalized spacial score (nSPS) is 10.5. The molecule has 0 saturated carbocycles. The Morgan fingerprint density at radius 1 is 0.625 bits per heavy atom. The van der Waals surface area contributed by atoms with Crippen molar-refractivity contribution in [1.82, 2.24) is 10.2 Å². The van der Waals surface area contributed by atoms with Crippen molar-refractivity contribution in [2.75, 3.05) is 0 Å². The maximum Gasteiger partial charge on any atom is 0.285 e. The van der Waals surface area contributed by atoms with Gasteiger partial charge in [0.05, 0.1) is 42.3 Å². The van der Waals surface area contributed by atoms with E-state index in [2.05, 4.69) is 10.2 Å². The summed E-state index contributed by atoms with van der Waals surface area (Å²) in [7, 11) is 0. The topological polar surface area (TPSA) is 243 Å². The predicted octanol–water partition coefficient (Wildman–Crippen LogP) is 2.91. The van der Waals surface area contributed by atoms with Crippen molar-refractivity contribution in [3.05, 3.63) is 87.0 Å². The van der Waals surface area contributed by atoms with Crippen LogP contribution in [0.25, 0.3) is 22.5 Å². The Balaban J connectivity index is 2.31. The average molecular weight is 444 g/mol. The first-order valence-electron chi connectivity index (χ1n) is 8.07. The van der Waals surface area contributed by atoms with Crippen LogP contribution in [-0.2, 0) is 0 Å². The van der Waals surface area contributed by atoms with Crippen molar-refractivity contribution < 1.29 is 24.6 Å². The number of nitro benzene ring substituents is 4. The second-order valence-electron chi connectivity index (χ2n) is 5.93. The van der Waals surface area contributed by atoms with Crippen LogP contribution in [0.5, 0.6) is 0 Å². The third-order valence-electron chi connectivity index (χ3n) is 4.17. The third kappa shape index (κ3) is 3.63. The van der Waals surface area contributed by atoms with E-state index < -0.39 is 75.6 Å². The summed E-state index contributed by atoms with van der Waals surface area (Å²) in [6.07, 6.45) is 0. The molecule has 32 heavy (non-hydrogen) atoms. The molecule has 0 radical (unpaired) electrons. The van der Waals surface area contributed by atoms with Gasteiger partial charge in [-0.2, -0.15) is 0 Å². The second kappa shape index (κ2) is 7.82. The summed E-state index contributed by atoms with van der Waals surface area (Å²) in [4.78, 5) is 51.4. The average Bonchev–Trinajstić information content (AvgIpc) is 3.17. The molecule has 0 fully saturated rings. The highest BCUT2D eigenvalue weighted by atomic mass is 16.6. The zero-order valence-corrected chi connectivity index (χ0v) is 15.2. The molecular formula is C15H6N7O10-. The lowest BCUT2D eigenvalue weighted by atomic mass is 10.0. The minimum absolute atomic E-state index is 0.490. The first-order chi connectivity index (χ1) is 15.0. The fourth-order valence-corrected chi connectivity index (χ4v) is 2.81. The van der Waals surface area contributed by atoms with Gasteiger partial charge < -0.3 is 10.2 Å². The van der Waals surface area contributed by atoms with Crippen molar-refractivity contribution in [3.63, 3.8) is 0 Å². The minimum Gasteiger partial charge on any atom is -0.568 e. The first kappa shape index (κ1) is 21.4. The largest absolute Gasteiger partial charge is 0.568 e. The van der Waals surface area contributed by atoms with Crippen LogP contribution in [0.15, 0.2) is 36.4 Å². The first-order valence-corrected chi connectivity index (χ1v) is 8.07. The quantitative estimate of drug-likeness (QED) is 0.377. The molecule has 3 aromatic rings. The van der Waals surface area contributed by atoms with Gasteiger partial charge >= 0.3 is 0 Å². The molecule has 0 aliphatic heterocycles. The lowest BCUT2D eigenvalue weighted by Gasteiger charge is -2.06. The van der Waals surface area contributed by atoms with E-state index in [1.165, 1.54) is 0 Å². The van der Waals surface area contributed by atoms with Crippen molar-refractivity contribution in [1.29, 1.82) is 0 Å². The van der Waals surface area contributed by atoms with Gasteiger partial charge in [0.15, 0.2) is 0 Å². The number of rotatable bonds is 7. The van der Waals surface area contributed by atoms with E-state index >= 15 is 0 Å². The molecular weight excluding hydrogens is 438 g/mol. The van der Waals surface area contributed by atoms with Gasteiger partial charge in [0.2, 0.25) is 0 Å². The smallest absolute Gasteiger partial charge is 0.285 e. The van der Waals surface area contributed by atoms with Gasteiger partial charge in [0.1, 0.15) is 5.69 Å². The number of hydrogen-bond donors (Lipinski definition) is 0. The summed E-state index contributed by atoms with van der Waals surface area (Å²) in [5.74, 6) is 0. The van der Waals surface area contributed by atoms with Crippen LogP contribution in [0.2, 0.25) is 0 Å². The summed E-state index contributed by atoms with van der Waals surface area (Å²) >= 11 is 0. The van der Waals surface area contributed by atoms with Gasteiger partial charge in [-0.3, -0.25) is 50.6 Å². The molecule has 2 aromatic carbocycles. The molecule has 0 aliphatic rings. The van der Waals surface area contributed by atoms with Crippen LogP contribution in [0.3, 0.4) is 0 Å².